The fraction of sp³-hybridized carbons (Fsp3) is 0.600. The van der Waals surface area contributed by atoms with Gasteiger partial charge in [0, 0.05) is 0 Å². The second kappa shape index (κ2) is 6.58. The van der Waals surface area contributed by atoms with Crippen LogP contribution < -0.4 is 0 Å². The van der Waals surface area contributed by atoms with Crippen molar-refractivity contribution in [3.63, 3.8) is 0 Å². The molecule has 0 aromatic carbocycles. The molecule has 0 aromatic rings. The van der Waals surface area contributed by atoms with Gasteiger partial charge in [0.15, 0.2) is 0 Å². The van der Waals surface area contributed by atoms with Crippen LogP contribution in [0.2, 0.25) is 0 Å². The van der Waals surface area contributed by atoms with Crippen molar-refractivity contribution in [1.82, 2.24) is 0 Å². The number of esters is 4. The molecular formula is C10H14O8. The Kier molecular flexibility index (Phi) is 5.80. The summed E-state index contributed by atoms with van der Waals surface area (Å²) in [5.41, 5.74) is -2.51. The molecule has 0 saturated heterocycles. The highest BCUT2D eigenvalue weighted by atomic mass is 16.6. The number of carbonyl (C=O) groups is 4. The van der Waals surface area contributed by atoms with Gasteiger partial charge in [-0.2, -0.15) is 0 Å². The Balaban J connectivity index is 5.69. The van der Waals surface area contributed by atoms with E-state index in [1.54, 1.807) is 0 Å². The molecule has 18 heavy (non-hydrogen) atoms. The second-order valence-electron chi connectivity index (χ2n) is 3.13. The molecule has 0 rings (SSSR count). The van der Waals surface area contributed by atoms with Gasteiger partial charge in [0.25, 0.3) is 5.41 Å². The standard InChI is InChI=1S/C10H14O8/c1-15-6(11)5-10(7(12)16-2,8(13)17-3)9(14)18-4/h5H2,1-4H3. The Morgan fingerprint density at radius 1 is 0.722 bits per heavy atom. The summed E-state index contributed by atoms with van der Waals surface area (Å²) in [7, 11) is 3.92. The van der Waals surface area contributed by atoms with Crippen molar-refractivity contribution in [3.05, 3.63) is 0 Å². The zero-order chi connectivity index (χ0) is 14.3. The maximum Gasteiger partial charge on any atom is 0.335 e. The zero-order valence-corrected chi connectivity index (χ0v) is 10.5. The predicted octanol–water partition coefficient (Wildman–Crippen LogP) is -0.945. The average Bonchev–Trinajstić information content (AvgIpc) is 2.41. The molecule has 0 atom stereocenters. The maximum atomic E-state index is 11.7. The summed E-state index contributed by atoms with van der Waals surface area (Å²) < 4.78 is 17.4. The summed E-state index contributed by atoms with van der Waals surface area (Å²) >= 11 is 0. The molecule has 0 bridgehead atoms. The second-order valence-corrected chi connectivity index (χ2v) is 3.13. The van der Waals surface area contributed by atoms with Crippen LogP contribution in [0, 0.1) is 5.41 Å². The molecule has 0 aliphatic carbocycles. The summed E-state index contributed by atoms with van der Waals surface area (Å²) in [4.78, 5) is 46.2. The molecule has 8 heteroatoms. The number of carbonyl (C=O) groups excluding carboxylic acids is 4. The third kappa shape index (κ3) is 2.76. The number of hydrogen-bond donors (Lipinski definition) is 0. The number of hydrogen-bond acceptors (Lipinski definition) is 8. The monoisotopic (exact) mass is 262 g/mol. The van der Waals surface area contributed by atoms with Gasteiger partial charge < -0.3 is 18.9 Å². The molecule has 0 unspecified atom stereocenters. The summed E-state index contributed by atoms with van der Waals surface area (Å²) in [6.45, 7) is 0. The molecule has 0 N–H and O–H groups in total. The number of rotatable bonds is 5. The lowest BCUT2D eigenvalue weighted by Gasteiger charge is -2.23. The molecule has 102 valence electrons. The van der Waals surface area contributed by atoms with Gasteiger partial charge in [0.2, 0.25) is 0 Å². The quantitative estimate of drug-likeness (QED) is 0.355. The molecule has 0 aromatic heterocycles. The van der Waals surface area contributed by atoms with E-state index < -0.39 is 35.7 Å². The summed E-state index contributed by atoms with van der Waals surface area (Å²) in [6.07, 6.45) is -0.866. The topological polar surface area (TPSA) is 105 Å². The Morgan fingerprint density at radius 2 is 1.06 bits per heavy atom. The van der Waals surface area contributed by atoms with E-state index in [1.807, 2.05) is 0 Å². The molecule has 0 spiro atoms. The first-order chi connectivity index (χ1) is 8.40. The van der Waals surface area contributed by atoms with Crippen molar-refractivity contribution in [2.24, 2.45) is 5.41 Å². The molecule has 0 saturated carbocycles. The molecular weight excluding hydrogens is 248 g/mol. The van der Waals surface area contributed by atoms with Gasteiger partial charge in [-0.15, -0.1) is 0 Å². The molecule has 0 aliphatic rings. The lowest BCUT2D eigenvalue weighted by molar-refractivity contribution is -0.184. The van der Waals surface area contributed by atoms with Crippen LogP contribution in [0.3, 0.4) is 0 Å². The summed E-state index contributed by atoms with van der Waals surface area (Å²) in [5, 5.41) is 0. The molecule has 8 nitrogen and oxygen atoms in total. The maximum absolute atomic E-state index is 11.7. The summed E-state index contributed by atoms with van der Waals surface area (Å²) in [5.74, 6) is -4.74. The van der Waals surface area contributed by atoms with Crippen LogP contribution in [0.25, 0.3) is 0 Å². The van der Waals surface area contributed by atoms with E-state index >= 15 is 0 Å². The predicted molar refractivity (Wildman–Crippen MR) is 55.1 cm³/mol. The highest BCUT2D eigenvalue weighted by Crippen LogP contribution is 2.28. The van der Waals surface area contributed by atoms with E-state index in [9.17, 15) is 19.2 Å². The Morgan fingerprint density at radius 3 is 1.28 bits per heavy atom. The SMILES string of the molecule is COC(=O)CC(C(=O)OC)(C(=O)OC)C(=O)OC. The van der Waals surface area contributed by atoms with Gasteiger partial charge >= 0.3 is 23.9 Å². The summed E-state index contributed by atoms with van der Waals surface area (Å²) in [6, 6.07) is 0. The first kappa shape index (κ1) is 15.9. The number of ether oxygens (including phenoxy) is 4. The minimum atomic E-state index is -2.51. The van der Waals surface area contributed by atoms with Crippen molar-refractivity contribution >= 4 is 23.9 Å². The molecule has 0 amide bonds. The fourth-order valence-corrected chi connectivity index (χ4v) is 1.28. The zero-order valence-electron chi connectivity index (χ0n) is 10.5. The van der Waals surface area contributed by atoms with Gasteiger partial charge in [-0.1, -0.05) is 0 Å². The van der Waals surface area contributed by atoms with E-state index in [0.717, 1.165) is 28.4 Å². The van der Waals surface area contributed by atoms with Crippen LogP contribution in [0.5, 0.6) is 0 Å². The minimum Gasteiger partial charge on any atom is -0.469 e. The van der Waals surface area contributed by atoms with Gasteiger partial charge in [0.05, 0.1) is 34.9 Å². The Hall–Kier alpha value is -2.12. The molecule has 0 aliphatic heterocycles. The van der Waals surface area contributed by atoms with E-state index in [-0.39, 0.29) is 0 Å². The van der Waals surface area contributed by atoms with E-state index in [1.165, 1.54) is 0 Å². The van der Waals surface area contributed by atoms with Crippen LogP contribution in [-0.2, 0) is 38.1 Å². The van der Waals surface area contributed by atoms with Crippen molar-refractivity contribution < 1.29 is 38.1 Å². The van der Waals surface area contributed by atoms with Crippen molar-refractivity contribution in [1.29, 1.82) is 0 Å². The third-order valence-corrected chi connectivity index (χ3v) is 2.24. The van der Waals surface area contributed by atoms with Crippen molar-refractivity contribution in [2.75, 3.05) is 28.4 Å². The first-order valence-corrected chi connectivity index (χ1v) is 4.72. The lowest BCUT2D eigenvalue weighted by Crippen LogP contribution is -2.50. The van der Waals surface area contributed by atoms with E-state index in [2.05, 4.69) is 18.9 Å². The highest BCUT2D eigenvalue weighted by molar-refractivity contribution is 6.19. The molecule has 0 heterocycles. The molecule has 0 fully saturated rings. The first-order valence-electron chi connectivity index (χ1n) is 4.72. The average molecular weight is 262 g/mol. The van der Waals surface area contributed by atoms with Gasteiger partial charge in [-0.3, -0.25) is 19.2 Å². The number of methoxy groups -OCH3 is 4. The molecule has 0 radical (unpaired) electrons. The van der Waals surface area contributed by atoms with Crippen LogP contribution in [0.1, 0.15) is 6.42 Å². The van der Waals surface area contributed by atoms with Gasteiger partial charge in [-0.25, -0.2) is 0 Å². The highest BCUT2D eigenvalue weighted by Gasteiger charge is 2.58. The van der Waals surface area contributed by atoms with E-state index in [4.69, 9.17) is 0 Å². The Bertz CT molecular complexity index is 318. The van der Waals surface area contributed by atoms with Crippen LogP contribution >= 0.6 is 0 Å². The van der Waals surface area contributed by atoms with Crippen LogP contribution in [0.4, 0.5) is 0 Å². The van der Waals surface area contributed by atoms with Crippen LogP contribution in [0.15, 0.2) is 0 Å². The Labute approximate surface area is 103 Å². The normalized spacial score (nSPS) is 10.2. The largest absolute Gasteiger partial charge is 0.469 e. The van der Waals surface area contributed by atoms with E-state index in [0.29, 0.717) is 0 Å². The lowest BCUT2D eigenvalue weighted by atomic mass is 9.84. The third-order valence-electron chi connectivity index (χ3n) is 2.24. The smallest absolute Gasteiger partial charge is 0.335 e. The fourth-order valence-electron chi connectivity index (χ4n) is 1.28. The van der Waals surface area contributed by atoms with Crippen LogP contribution in [-0.4, -0.2) is 52.3 Å². The van der Waals surface area contributed by atoms with Gasteiger partial charge in [-0.05, 0) is 0 Å². The van der Waals surface area contributed by atoms with Gasteiger partial charge in [0.1, 0.15) is 0 Å². The van der Waals surface area contributed by atoms with Crippen molar-refractivity contribution in [2.45, 2.75) is 6.42 Å². The minimum absolute atomic E-state index is 0.866. The van der Waals surface area contributed by atoms with Crippen molar-refractivity contribution in [3.8, 4) is 0 Å².